The second-order valence-electron chi connectivity index (χ2n) is 15.8. The zero-order valence-corrected chi connectivity index (χ0v) is 35.7. The van der Waals surface area contributed by atoms with Gasteiger partial charge in [-0.25, -0.2) is 0 Å². The van der Waals surface area contributed by atoms with E-state index in [-0.39, 0.29) is 18.9 Å². The number of aliphatic hydroxyl groups excluding tert-OH is 8. The maximum absolute atomic E-state index is 13.1. The van der Waals surface area contributed by atoms with Gasteiger partial charge in [0.15, 0.2) is 12.6 Å². The SMILES string of the molecule is CC/C=C\C/C=C\C/C=C\CCCCCCCCCC(=O)NC(COC1OC(CO)C(OC2OC(CO)C(O)C(O)C2O)C(O)C1O)C(O)/C=C/CCCCCCCC. The van der Waals surface area contributed by atoms with Crippen LogP contribution >= 0.6 is 0 Å². The van der Waals surface area contributed by atoms with E-state index in [1.807, 2.05) is 6.08 Å². The Morgan fingerprint density at radius 2 is 1.17 bits per heavy atom. The summed E-state index contributed by atoms with van der Waals surface area (Å²) >= 11 is 0. The molecule has 0 bridgehead atoms. The Kier molecular flexibility index (Phi) is 29.4. The predicted octanol–water partition coefficient (Wildman–Crippen LogP) is 4.15. The van der Waals surface area contributed by atoms with E-state index in [0.717, 1.165) is 77.0 Å². The molecule has 0 aliphatic carbocycles. The summed E-state index contributed by atoms with van der Waals surface area (Å²) < 4.78 is 22.6. The van der Waals surface area contributed by atoms with Crippen molar-refractivity contribution in [1.82, 2.24) is 5.32 Å². The van der Waals surface area contributed by atoms with Crippen LogP contribution in [-0.2, 0) is 23.7 Å². The van der Waals surface area contributed by atoms with Crippen LogP contribution < -0.4 is 5.32 Å². The van der Waals surface area contributed by atoms with Crippen LogP contribution in [0, 0.1) is 0 Å². The molecule has 59 heavy (non-hydrogen) atoms. The van der Waals surface area contributed by atoms with Gasteiger partial charge in [0.25, 0.3) is 0 Å². The minimum Gasteiger partial charge on any atom is -0.394 e. The summed E-state index contributed by atoms with van der Waals surface area (Å²) in [5.74, 6) is -0.257. The van der Waals surface area contributed by atoms with Gasteiger partial charge in [-0.3, -0.25) is 4.79 Å². The van der Waals surface area contributed by atoms with E-state index >= 15 is 0 Å². The number of hydrogen-bond acceptors (Lipinski definition) is 13. The van der Waals surface area contributed by atoms with Crippen LogP contribution in [0.1, 0.15) is 136 Å². The van der Waals surface area contributed by atoms with Crippen molar-refractivity contribution in [2.24, 2.45) is 0 Å². The minimum atomic E-state index is -1.79. The highest BCUT2D eigenvalue weighted by Gasteiger charge is 2.50. The van der Waals surface area contributed by atoms with Gasteiger partial charge in [0.05, 0.1) is 32.0 Å². The summed E-state index contributed by atoms with van der Waals surface area (Å²) in [5, 5.41) is 86.2. The van der Waals surface area contributed by atoms with E-state index in [2.05, 4.69) is 55.6 Å². The molecule has 14 heteroatoms. The molecule has 9 N–H and O–H groups in total. The van der Waals surface area contributed by atoms with E-state index in [4.69, 9.17) is 18.9 Å². The predicted molar refractivity (Wildman–Crippen MR) is 226 cm³/mol. The first-order chi connectivity index (χ1) is 28.6. The lowest BCUT2D eigenvalue weighted by molar-refractivity contribution is -0.359. The smallest absolute Gasteiger partial charge is 0.220 e. The van der Waals surface area contributed by atoms with Crippen LogP contribution in [0.2, 0.25) is 0 Å². The zero-order valence-electron chi connectivity index (χ0n) is 35.7. The second-order valence-corrected chi connectivity index (χ2v) is 15.8. The van der Waals surface area contributed by atoms with Gasteiger partial charge in [0.2, 0.25) is 5.91 Å². The molecule has 342 valence electrons. The van der Waals surface area contributed by atoms with E-state index in [0.29, 0.717) is 6.42 Å². The molecule has 2 aliphatic heterocycles. The summed E-state index contributed by atoms with van der Waals surface area (Å²) in [4.78, 5) is 13.1. The topological polar surface area (TPSA) is 228 Å². The molecule has 2 saturated heterocycles. The van der Waals surface area contributed by atoms with Crippen molar-refractivity contribution in [3.05, 3.63) is 48.6 Å². The first-order valence-corrected chi connectivity index (χ1v) is 22.4. The van der Waals surface area contributed by atoms with Crippen LogP contribution in [0.15, 0.2) is 48.6 Å². The van der Waals surface area contributed by atoms with Gasteiger partial charge in [-0.05, 0) is 51.4 Å². The molecule has 0 saturated carbocycles. The zero-order chi connectivity index (χ0) is 43.3. The summed E-state index contributed by atoms with van der Waals surface area (Å²) in [7, 11) is 0. The molecule has 1 amide bonds. The van der Waals surface area contributed by atoms with Gasteiger partial charge < -0.3 is 65.1 Å². The monoisotopic (exact) mass is 842 g/mol. The molecule has 2 aliphatic rings. The van der Waals surface area contributed by atoms with Gasteiger partial charge in [0, 0.05) is 6.42 Å². The van der Waals surface area contributed by atoms with Gasteiger partial charge in [0.1, 0.15) is 48.8 Å². The van der Waals surface area contributed by atoms with Crippen molar-refractivity contribution in [2.75, 3.05) is 19.8 Å². The van der Waals surface area contributed by atoms with Crippen molar-refractivity contribution in [2.45, 2.75) is 209 Å². The molecule has 12 atom stereocenters. The number of nitrogens with one attached hydrogen (secondary N) is 1. The highest BCUT2D eigenvalue weighted by Crippen LogP contribution is 2.30. The third-order valence-electron chi connectivity index (χ3n) is 10.8. The number of carbonyl (C=O) groups is 1. The lowest BCUT2D eigenvalue weighted by Gasteiger charge is -2.46. The number of unbranched alkanes of at least 4 members (excludes halogenated alkanes) is 13. The summed E-state index contributed by atoms with van der Waals surface area (Å²) in [6.07, 6.45) is 18.9. The van der Waals surface area contributed by atoms with Gasteiger partial charge in [-0.1, -0.05) is 127 Å². The van der Waals surface area contributed by atoms with Crippen LogP contribution in [0.25, 0.3) is 0 Å². The Balaban J connectivity index is 1.86. The van der Waals surface area contributed by atoms with Crippen LogP contribution in [0.4, 0.5) is 0 Å². The minimum absolute atomic E-state index is 0.257. The van der Waals surface area contributed by atoms with Crippen molar-refractivity contribution >= 4 is 5.91 Å². The average Bonchev–Trinajstić information content (AvgIpc) is 3.23. The number of allylic oxidation sites excluding steroid dienone is 7. The molecule has 0 aromatic carbocycles. The summed E-state index contributed by atoms with van der Waals surface area (Å²) in [6.45, 7) is 2.58. The van der Waals surface area contributed by atoms with Gasteiger partial charge in [-0.15, -0.1) is 0 Å². The number of rotatable bonds is 32. The molecular weight excluding hydrogens is 762 g/mol. The first-order valence-electron chi connectivity index (χ1n) is 22.4. The van der Waals surface area contributed by atoms with Gasteiger partial charge in [-0.2, -0.15) is 0 Å². The Bertz CT molecular complexity index is 1180. The number of amides is 1. The molecular formula is C45H79NO13. The quantitative estimate of drug-likeness (QED) is 0.0343. The van der Waals surface area contributed by atoms with Crippen molar-refractivity contribution in [1.29, 1.82) is 0 Å². The third-order valence-corrected chi connectivity index (χ3v) is 10.8. The fourth-order valence-corrected chi connectivity index (χ4v) is 7.07. The number of carbonyl (C=O) groups excluding carboxylic acids is 1. The molecule has 12 unspecified atom stereocenters. The van der Waals surface area contributed by atoms with Crippen molar-refractivity contribution in [3.8, 4) is 0 Å². The summed E-state index contributed by atoms with van der Waals surface area (Å²) in [5.41, 5.74) is 0. The highest BCUT2D eigenvalue weighted by molar-refractivity contribution is 5.76. The number of ether oxygens (including phenoxy) is 4. The van der Waals surface area contributed by atoms with E-state index in [9.17, 15) is 45.6 Å². The maximum Gasteiger partial charge on any atom is 0.220 e. The van der Waals surface area contributed by atoms with E-state index < -0.39 is 86.8 Å². The molecule has 2 fully saturated rings. The van der Waals surface area contributed by atoms with Crippen LogP contribution in [0.3, 0.4) is 0 Å². The van der Waals surface area contributed by atoms with E-state index in [1.54, 1.807) is 6.08 Å². The molecule has 2 heterocycles. The summed E-state index contributed by atoms with van der Waals surface area (Å²) in [6, 6.07) is -0.917. The average molecular weight is 842 g/mol. The largest absolute Gasteiger partial charge is 0.394 e. The number of aliphatic hydroxyl groups is 8. The Hall–Kier alpha value is -2.05. The maximum atomic E-state index is 13.1. The standard InChI is InChI=1S/C45H79NO13/c1-3-5-7-9-11-13-14-15-16-17-18-19-20-21-23-25-27-29-37(50)46-33(34(49)28-26-24-22-12-10-8-6-4-2)32-56-44-42(55)40(53)43(36(31-48)58-44)59-45-41(54)39(52)38(51)35(30-47)57-45/h5,7,11,13,15-16,26,28,33-36,38-45,47-49,51-55H,3-4,6,8-10,12,14,17-25,27,29-32H2,1-2H3,(H,46,50)/b7-5-,13-11-,16-15-,28-26+. The molecule has 0 spiro atoms. The molecule has 0 aromatic rings. The van der Waals surface area contributed by atoms with E-state index in [1.165, 1.54) is 32.1 Å². The van der Waals surface area contributed by atoms with Crippen LogP contribution in [-0.4, -0.2) is 140 Å². The Morgan fingerprint density at radius 3 is 1.80 bits per heavy atom. The Labute approximate surface area is 353 Å². The highest BCUT2D eigenvalue weighted by atomic mass is 16.7. The fourth-order valence-electron chi connectivity index (χ4n) is 7.07. The van der Waals surface area contributed by atoms with Crippen molar-refractivity contribution < 1.29 is 64.6 Å². The first kappa shape index (κ1) is 53.1. The third kappa shape index (κ3) is 21.1. The molecule has 14 nitrogen and oxygen atoms in total. The number of hydrogen-bond donors (Lipinski definition) is 9. The normalized spacial score (nSPS) is 29.0. The van der Waals surface area contributed by atoms with Gasteiger partial charge >= 0.3 is 0 Å². The second kappa shape index (κ2) is 32.6. The lowest BCUT2D eigenvalue weighted by atomic mass is 9.97. The molecule has 0 radical (unpaired) electrons. The molecule has 0 aromatic heterocycles. The molecule has 2 rings (SSSR count). The fraction of sp³-hybridized carbons (Fsp3) is 0.800. The van der Waals surface area contributed by atoms with Crippen LogP contribution in [0.5, 0.6) is 0 Å². The lowest BCUT2D eigenvalue weighted by Crippen LogP contribution is -2.65. The van der Waals surface area contributed by atoms with Crippen molar-refractivity contribution in [3.63, 3.8) is 0 Å². The Morgan fingerprint density at radius 1 is 0.627 bits per heavy atom.